The van der Waals surface area contributed by atoms with E-state index in [0.717, 1.165) is 50.2 Å². The predicted octanol–water partition coefficient (Wildman–Crippen LogP) is 19.8. The second kappa shape index (κ2) is 14.9. The second-order valence-corrected chi connectivity index (χ2v) is 22.9. The predicted molar refractivity (Wildman–Crippen MR) is 309 cm³/mol. The molecule has 3 aliphatic rings. The zero-order chi connectivity index (χ0) is 50.2. The second-order valence-electron chi connectivity index (χ2n) is 22.9. The standard InChI is InChI=1S/C71H55NO2/c1-40-26-35-57(41(2)36-40)72(46-32-34-49-55(38-46)71(7,8)66-64(49)68-63(51-22-14-17-25-59(51)74-68)61-47-20-12-15-23-53(47)70(5,6)65(61)66)45-31-33-48-54(37-45)69(3,4)56-39-52(44-29-27-43(28-30-44)42-18-10-9-11-19-42)67-62(60(48)56)50-21-13-16-24-58(50)73-67/h9-39H,1-8H3. The maximum absolute atomic E-state index is 7.07. The normalized spacial score (nSPS) is 15.1. The van der Waals surface area contributed by atoms with Gasteiger partial charge in [-0.1, -0.05) is 187 Å². The fourth-order valence-electron chi connectivity index (χ4n) is 14.1. The van der Waals surface area contributed by atoms with E-state index in [2.05, 4.69) is 248 Å². The first-order chi connectivity index (χ1) is 35.8. The molecule has 356 valence electrons. The van der Waals surface area contributed by atoms with Crippen molar-refractivity contribution in [3.05, 3.63) is 233 Å². The van der Waals surface area contributed by atoms with E-state index in [1.165, 1.54) is 111 Å². The van der Waals surface area contributed by atoms with Gasteiger partial charge in [0.15, 0.2) is 0 Å². The van der Waals surface area contributed by atoms with Crippen LogP contribution in [0.25, 0.3) is 99.5 Å². The lowest BCUT2D eigenvalue weighted by Crippen LogP contribution is -2.24. The number of rotatable bonds is 5. The number of para-hydroxylation sites is 2. The Kier molecular flexibility index (Phi) is 8.68. The molecule has 0 saturated heterocycles. The van der Waals surface area contributed by atoms with Crippen molar-refractivity contribution < 1.29 is 8.83 Å². The van der Waals surface area contributed by atoms with Gasteiger partial charge < -0.3 is 13.7 Å². The van der Waals surface area contributed by atoms with Crippen LogP contribution in [-0.2, 0) is 16.2 Å². The van der Waals surface area contributed by atoms with E-state index < -0.39 is 0 Å². The van der Waals surface area contributed by atoms with Gasteiger partial charge in [0.05, 0.1) is 0 Å². The molecule has 0 unspecified atom stereocenters. The highest BCUT2D eigenvalue weighted by atomic mass is 16.3. The highest BCUT2D eigenvalue weighted by Crippen LogP contribution is 2.64. The lowest BCUT2D eigenvalue weighted by Gasteiger charge is -2.32. The third kappa shape index (κ3) is 5.67. The molecular weight excluding hydrogens is 899 g/mol. The van der Waals surface area contributed by atoms with E-state index >= 15 is 0 Å². The Balaban J connectivity index is 0.923. The molecule has 0 bridgehead atoms. The van der Waals surface area contributed by atoms with Gasteiger partial charge in [-0.25, -0.2) is 0 Å². The number of furan rings is 2. The summed E-state index contributed by atoms with van der Waals surface area (Å²) in [7, 11) is 0. The summed E-state index contributed by atoms with van der Waals surface area (Å²) in [5.74, 6) is 0. The monoisotopic (exact) mass is 953 g/mol. The van der Waals surface area contributed by atoms with Gasteiger partial charge in [-0.2, -0.15) is 0 Å². The molecule has 3 heteroatoms. The van der Waals surface area contributed by atoms with Crippen LogP contribution in [0.15, 0.2) is 197 Å². The quantitative estimate of drug-likeness (QED) is 0.172. The Labute approximate surface area is 432 Å². The molecule has 15 rings (SSSR count). The summed E-state index contributed by atoms with van der Waals surface area (Å²) in [5.41, 5.74) is 29.2. The number of fused-ring (bicyclic) bond motifs is 19. The number of hydrogen-bond donors (Lipinski definition) is 0. The van der Waals surface area contributed by atoms with E-state index in [4.69, 9.17) is 8.83 Å². The Bertz CT molecular complexity index is 4400. The lowest BCUT2D eigenvalue weighted by molar-refractivity contribution is 0.600. The number of aryl methyl sites for hydroxylation is 2. The van der Waals surface area contributed by atoms with E-state index in [-0.39, 0.29) is 16.2 Å². The van der Waals surface area contributed by atoms with Crippen molar-refractivity contribution in [3.8, 4) is 55.6 Å². The molecular formula is C71H55NO2. The van der Waals surface area contributed by atoms with Crippen molar-refractivity contribution in [2.75, 3.05) is 4.90 Å². The van der Waals surface area contributed by atoms with Gasteiger partial charge in [-0.3, -0.25) is 0 Å². The van der Waals surface area contributed by atoms with Crippen molar-refractivity contribution in [2.45, 2.75) is 71.6 Å². The number of benzene rings is 10. The Morgan fingerprint density at radius 1 is 0.365 bits per heavy atom. The molecule has 2 heterocycles. The minimum Gasteiger partial charge on any atom is -0.455 e. The largest absolute Gasteiger partial charge is 0.455 e. The van der Waals surface area contributed by atoms with Gasteiger partial charge in [0.1, 0.15) is 22.3 Å². The number of anilines is 3. The molecule has 0 fully saturated rings. The molecule has 3 aliphatic carbocycles. The van der Waals surface area contributed by atoms with Crippen molar-refractivity contribution >= 4 is 60.9 Å². The first-order valence-corrected chi connectivity index (χ1v) is 26.2. The van der Waals surface area contributed by atoms with Crippen LogP contribution in [0, 0.1) is 13.8 Å². The molecule has 12 aromatic rings. The Hall–Kier alpha value is -8.40. The average Bonchev–Trinajstić information content (AvgIpc) is 4.28. The summed E-state index contributed by atoms with van der Waals surface area (Å²) < 4.78 is 14.0. The van der Waals surface area contributed by atoms with Crippen LogP contribution in [0.2, 0.25) is 0 Å². The molecule has 10 aromatic carbocycles. The number of hydrogen-bond acceptors (Lipinski definition) is 3. The summed E-state index contributed by atoms with van der Waals surface area (Å²) in [5, 5.41) is 4.73. The smallest absolute Gasteiger partial charge is 0.144 e. The highest BCUT2D eigenvalue weighted by molar-refractivity contribution is 6.21. The zero-order valence-electron chi connectivity index (χ0n) is 43.2. The first-order valence-electron chi connectivity index (χ1n) is 26.2. The van der Waals surface area contributed by atoms with E-state index in [9.17, 15) is 0 Å². The molecule has 0 atom stereocenters. The third-order valence-electron chi connectivity index (χ3n) is 17.6. The summed E-state index contributed by atoms with van der Waals surface area (Å²) in [6.45, 7) is 19.0. The van der Waals surface area contributed by atoms with Crippen LogP contribution < -0.4 is 4.90 Å². The highest BCUT2D eigenvalue weighted by Gasteiger charge is 2.49. The third-order valence-corrected chi connectivity index (χ3v) is 17.6. The fourth-order valence-corrected chi connectivity index (χ4v) is 14.1. The summed E-state index contributed by atoms with van der Waals surface area (Å²) in [4.78, 5) is 2.51. The van der Waals surface area contributed by atoms with Crippen LogP contribution in [0.4, 0.5) is 17.1 Å². The average molecular weight is 954 g/mol. The van der Waals surface area contributed by atoms with Crippen molar-refractivity contribution in [1.82, 2.24) is 0 Å². The number of nitrogens with zero attached hydrogens (tertiary/aromatic N) is 1. The molecule has 2 aromatic heterocycles. The van der Waals surface area contributed by atoms with Crippen LogP contribution in [0.1, 0.15) is 86.1 Å². The summed E-state index contributed by atoms with van der Waals surface area (Å²) in [6.07, 6.45) is 0. The van der Waals surface area contributed by atoms with Gasteiger partial charge in [0.2, 0.25) is 0 Å². The maximum Gasteiger partial charge on any atom is 0.144 e. The zero-order valence-corrected chi connectivity index (χ0v) is 43.2. The molecule has 0 amide bonds. The molecule has 0 spiro atoms. The topological polar surface area (TPSA) is 29.5 Å². The molecule has 0 radical (unpaired) electrons. The van der Waals surface area contributed by atoms with Crippen LogP contribution in [0.5, 0.6) is 0 Å². The van der Waals surface area contributed by atoms with Gasteiger partial charge in [-0.05, 0) is 146 Å². The molecule has 74 heavy (non-hydrogen) atoms. The summed E-state index contributed by atoms with van der Waals surface area (Å²) in [6, 6.07) is 69.6. The van der Waals surface area contributed by atoms with Crippen LogP contribution in [0.3, 0.4) is 0 Å². The van der Waals surface area contributed by atoms with E-state index in [0.29, 0.717) is 0 Å². The molecule has 3 nitrogen and oxygen atoms in total. The van der Waals surface area contributed by atoms with Gasteiger partial charge >= 0.3 is 0 Å². The lowest BCUT2D eigenvalue weighted by atomic mass is 9.72. The Morgan fingerprint density at radius 2 is 0.892 bits per heavy atom. The fraction of sp³-hybridized carbons (Fsp3) is 0.155. The van der Waals surface area contributed by atoms with Gasteiger partial charge in [0.25, 0.3) is 0 Å². The van der Waals surface area contributed by atoms with Crippen LogP contribution in [-0.4, -0.2) is 0 Å². The Morgan fingerprint density at radius 3 is 1.58 bits per heavy atom. The van der Waals surface area contributed by atoms with E-state index in [1.807, 2.05) is 0 Å². The summed E-state index contributed by atoms with van der Waals surface area (Å²) >= 11 is 0. The van der Waals surface area contributed by atoms with Crippen molar-refractivity contribution in [2.24, 2.45) is 0 Å². The van der Waals surface area contributed by atoms with Crippen LogP contribution >= 0.6 is 0 Å². The SMILES string of the molecule is Cc1ccc(N(c2ccc3c(c2)C(C)(C)c2cc(-c4ccc(-c5ccccc5)cc4)c4oc5ccccc5c4c2-3)c2ccc3c(c2)C(C)(C)c2c4c(c5c(oc6ccccc65)c2-3)-c2ccccc2C4(C)C)c(C)c1. The van der Waals surface area contributed by atoms with Crippen molar-refractivity contribution in [1.29, 1.82) is 0 Å². The molecule has 0 N–H and O–H groups in total. The van der Waals surface area contributed by atoms with Gasteiger partial charge in [0, 0.05) is 66.0 Å². The van der Waals surface area contributed by atoms with Gasteiger partial charge in [-0.15, -0.1) is 0 Å². The van der Waals surface area contributed by atoms with Crippen molar-refractivity contribution in [3.63, 3.8) is 0 Å². The molecule has 0 aliphatic heterocycles. The first kappa shape index (κ1) is 43.2. The van der Waals surface area contributed by atoms with E-state index in [1.54, 1.807) is 0 Å². The minimum atomic E-state index is -0.342. The maximum atomic E-state index is 7.07. The molecule has 0 saturated carbocycles. The minimum absolute atomic E-state index is 0.216.